The molecule has 0 aliphatic heterocycles. The lowest BCUT2D eigenvalue weighted by atomic mass is 10.1. The number of hydrogen-bond acceptors (Lipinski definition) is 5. The van der Waals surface area contributed by atoms with E-state index >= 15 is 0 Å². The second-order valence-corrected chi connectivity index (χ2v) is 7.87. The molecule has 0 aliphatic carbocycles. The fourth-order valence-electron chi connectivity index (χ4n) is 2.50. The van der Waals surface area contributed by atoms with Crippen molar-refractivity contribution < 1.29 is 23.5 Å². The zero-order chi connectivity index (χ0) is 21.4. The summed E-state index contributed by atoms with van der Waals surface area (Å²) in [5, 5.41) is 4.67. The van der Waals surface area contributed by atoms with Crippen LogP contribution in [0.2, 0.25) is 0 Å². The van der Waals surface area contributed by atoms with Gasteiger partial charge in [0.25, 0.3) is 5.91 Å². The molecule has 0 aliphatic rings. The van der Waals surface area contributed by atoms with Crippen molar-refractivity contribution in [1.82, 2.24) is 0 Å². The molecular weight excluding hydrogens is 395 g/mol. The van der Waals surface area contributed by atoms with Gasteiger partial charge in [0.05, 0.1) is 5.75 Å². The number of esters is 1. The van der Waals surface area contributed by atoms with Crippen LogP contribution in [0.25, 0.3) is 0 Å². The summed E-state index contributed by atoms with van der Waals surface area (Å²) in [6.07, 6.45) is 0. The van der Waals surface area contributed by atoms with Crippen LogP contribution in [0.1, 0.15) is 18.1 Å². The first kappa shape index (κ1) is 22.4. The predicted molar refractivity (Wildman–Crippen MR) is 112 cm³/mol. The number of halogens is 1. The van der Waals surface area contributed by atoms with Crippen LogP contribution >= 0.6 is 11.8 Å². The molecule has 6 nitrogen and oxygen atoms in total. The summed E-state index contributed by atoms with van der Waals surface area (Å²) in [7, 11) is 0. The predicted octanol–water partition coefficient (Wildman–Crippen LogP) is 3.68. The van der Waals surface area contributed by atoms with E-state index in [9.17, 15) is 18.8 Å². The lowest BCUT2D eigenvalue weighted by molar-refractivity contribution is -0.146. The van der Waals surface area contributed by atoms with Gasteiger partial charge in [0.1, 0.15) is 11.1 Å². The third-order valence-corrected chi connectivity index (χ3v) is 4.90. The minimum absolute atomic E-state index is 0.0163. The highest BCUT2D eigenvalue weighted by Gasteiger charge is 2.18. The van der Waals surface area contributed by atoms with Crippen LogP contribution in [0.15, 0.2) is 42.5 Å². The third-order valence-electron chi connectivity index (χ3n) is 3.78. The number of amides is 2. The van der Waals surface area contributed by atoms with Crippen molar-refractivity contribution in [2.24, 2.45) is 0 Å². The Morgan fingerprint density at radius 3 is 2.17 bits per heavy atom. The molecule has 0 aromatic heterocycles. The van der Waals surface area contributed by atoms with Crippen molar-refractivity contribution in [2.75, 3.05) is 23.0 Å². The minimum Gasteiger partial charge on any atom is -0.455 e. The molecule has 0 bridgehead atoms. The van der Waals surface area contributed by atoms with Gasteiger partial charge in [-0.2, -0.15) is 0 Å². The largest absolute Gasteiger partial charge is 0.455 e. The molecule has 8 heteroatoms. The zero-order valence-electron chi connectivity index (χ0n) is 16.5. The van der Waals surface area contributed by atoms with Crippen LogP contribution in [0.5, 0.6) is 0 Å². The second-order valence-electron chi connectivity index (χ2n) is 6.54. The third kappa shape index (κ3) is 7.95. The van der Waals surface area contributed by atoms with Gasteiger partial charge in [-0.05, 0) is 68.3 Å². The highest BCUT2D eigenvalue weighted by molar-refractivity contribution is 8.01. The number of nitrogens with one attached hydrogen (secondary N) is 2. The number of thioether (sulfide) groups is 1. The summed E-state index contributed by atoms with van der Waals surface area (Å²) in [5.74, 6) is -1.72. The number of aryl methyl sites for hydroxylation is 2. The molecule has 0 heterocycles. The van der Waals surface area contributed by atoms with Crippen LogP contribution in [-0.2, 0) is 19.1 Å². The average Bonchev–Trinajstić information content (AvgIpc) is 2.65. The molecule has 2 N–H and O–H groups in total. The zero-order valence-corrected chi connectivity index (χ0v) is 17.3. The maximum Gasteiger partial charge on any atom is 0.319 e. The average molecular weight is 418 g/mol. The Hall–Kier alpha value is -2.87. The monoisotopic (exact) mass is 418 g/mol. The Morgan fingerprint density at radius 2 is 1.55 bits per heavy atom. The van der Waals surface area contributed by atoms with Gasteiger partial charge < -0.3 is 15.4 Å². The van der Waals surface area contributed by atoms with Crippen LogP contribution in [-0.4, -0.2) is 35.4 Å². The summed E-state index contributed by atoms with van der Waals surface area (Å²) in [6, 6.07) is 11.0. The van der Waals surface area contributed by atoms with Crippen LogP contribution in [0.3, 0.4) is 0 Å². The lowest BCUT2D eigenvalue weighted by Gasteiger charge is -2.12. The van der Waals surface area contributed by atoms with E-state index in [-0.39, 0.29) is 11.7 Å². The van der Waals surface area contributed by atoms with Gasteiger partial charge in [0, 0.05) is 11.4 Å². The van der Waals surface area contributed by atoms with Gasteiger partial charge in [-0.3, -0.25) is 14.4 Å². The van der Waals surface area contributed by atoms with Crippen LogP contribution in [0, 0.1) is 19.7 Å². The van der Waals surface area contributed by atoms with Crippen molar-refractivity contribution in [2.45, 2.75) is 26.0 Å². The van der Waals surface area contributed by atoms with Crippen molar-refractivity contribution in [3.63, 3.8) is 0 Å². The summed E-state index contributed by atoms with van der Waals surface area (Å²) in [4.78, 5) is 35.9. The number of carbonyl (C=O) groups is 3. The molecule has 2 rings (SSSR count). The van der Waals surface area contributed by atoms with E-state index in [0.29, 0.717) is 11.4 Å². The van der Waals surface area contributed by atoms with E-state index in [4.69, 9.17) is 4.74 Å². The van der Waals surface area contributed by atoms with Gasteiger partial charge in [0.15, 0.2) is 6.61 Å². The maximum atomic E-state index is 12.9. The molecule has 2 aromatic rings. The molecule has 1 atom stereocenters. The topological polar surface area (TPSA) is 84.5 Å². The highest BCUT2D eigenvalue weighted by Crippen LogP contribution is 2.15. The molecule has 154 valence electrons. The van der Waals surface area contributed by atoms with Crippen molar-refractivity contribution >= 4 is 40.9 Å². The van der Waals surface area contributed by atoms with E-state index in [1.807, 2.05) is 32.0 Å². The standard InChI is InChI=1S/C21H23FN2O4S/c1-13-8-14(2)10-18(9-13)24-19(25)11-28-21(27)15(3)29-12-20(26)23-17-6-4-16(22)5-7-17/h4-10,15H,11-12H2,1-3H3,(H,23,26)(H,24,25). The fraction of sp³-hybridized carbons (Fsp3) is 0.286. The van der Waals surface area contributed by atoms with Crippen LogP contribution in [0.4, 0.5) is 15.8 Å². The summed E-state index contributed by atoms with van der Waals surface area (Å²) in [6.45, 7) is 5.04. The van der Waals surface area contributed by atoms with Gasteiger partial charge >= 0.3 is 5.97 Å². The molecule has 2 amide bonds. The Bertz CT molecular complexity index is 866. The highest BCUT2D eigenvalue weighted by atomic mass is 32.2. The number of carbonyl (C=O) groups excluding carboxylic acids is 3. The van der Waals surface area contributed by atoms with E-state index in [0.717, 1.165) is 22.9 Å². The molecule has 0 fully saturated rings. The van der Waals surface area contributed by atoms with Crippen molar-refractivity contribution in [1.29, 1.82) is 0 Å². The molecule has 0 saturated heterocycles. The number of ether oxygens (including phenoxy) is 1. The number of benzene rings is 2. The normalized spacial score (nSPS) is 11.4. The summed E-state index contributed by atoms with van der Waals surface area (Å²) >= 11 is 1.08. The molecule has 2 aromatic carbocycles. The van der Waals surface area contributed by atoms with Gasteiger partial charge in [-0.25, -0.2) is 4.39 Å². The molecule has 29 heavy (non-hydrogen) atoms. The Kier molecular flexibility index (Phi) is 8.21. The Morgan fingerprint density at radius 1 is 0.966 bits per heavy atom. The minimum atomic E-state index is -0.622. The first-order valence-corrected chi connectivity index (χ1v) is 9.99. The Labute approximate surface area is 173 Å². The van der Waals surface area contributed by atoms with Gasteiger partial charge in [-0.15, -0.1) is 11.8 Å². The number of anilines is 2. The molecule has 0 saturated carbocycles. The molecule has 1 unspecified atom stereocenters. The van der Waals surface area contributed by atoms with Crippen molar-refractivity contribution in [3.8, 4) is 0 Å². The Balaban J connectivity index is 1.71. The van der Waals surface area contributed by atoms with Gasteiger partial charge in [-0.1, -0.05) is 6.07 Å². The second kappa shape index (κ2) is 10.6. The van der Waals surface area contributed by atoms with Gasteiger partial charge in [0.2, 0.25) is 5.91 Å². The van der Waals surface area contributed by atoms with E-state index in [1.54, 1.807) is 6.92 Å². The SMILES string of the molecule is Cc1cc(C)cc(NC(=O)COC(=O)C(C)SCC(=O)Nc2ccc(F)cc2)c1. The lowest BCUT2D eigenvalue weighted by Crippen LogP contribution is -2.26. The van der Waals surface area contributed by atoms with E-state index in [1.165, 1.54) is 24.3 Å². The molecular formula is C21H23FN2O4S. The van der Waals surface area contributed by atoms with Crippen LogP contribution < -0.4 is 10.6 Å². The fourth-order valence-corrected chi connectivity index (χ4v) is 3.17. The first-order valence-electron chi connectivity index (χ1n) is 8.95. The summed E-state index contributed by atoms with van der Waals surface area (Å²) < 4.78 is 17.9. The van der Waals surface area contributed by atoms with Crippen molar-refractivity contribution in [3.05, 3.63) is 59.4 Å². The number of rotatable bonds is 8. The summed E-state index contributed by atoms with van der Waals surface area (Å²) in [5.41, 5.74) is 3.14. The molecule has 0 radical (unpaired) electrons. The van der Waals surface area contributed by atoms with E-state index < -0.39 is 29.6 Å². The smallest absolute Gasteiger partial charge is 0.319 e. The first-order chi connectivity index (χ1) is 13.7. The molecule has 0 spiro atoms. The quantitative estimate of drug-likeness (QED) is 0.639. The maximum absolute atomic E-state index is 12.9. The van der Waals surface area contributed by atoms with E-state index in [2.05, 4.69) is 10.6 Å². The number of hydrogen-bond donors (Lipinski definition) is 2.